The highest BCUT2D eigenvalue weighted by molar-refractivity contribution is 5.68. The molecule has 0 aliphatic carbocycles. The standard InChI is InChI=1S/C28H42N2O4/c1-22(29-27(31)34-28(2,3)4)21-30(19-7-9-23-11-15-25(32-5)16-12-23)20-8-10-24-13-17-26(33-6)18-14-24/h11-18,22H,7-10,19-21H2,1-6H3,(H,29,31). The lowest BCUT2D eigenvalue weighted by molar-refractivity contribution is 0.0497. The topological polar surface area (TPSA) is 60.0 Å². The van der Waals surface area contributed by atoms with Gasteiger partial charge in [0.1, 0.15) is 17.1 Å². The number of rotatable bonds is 13. The molecule has 0 bridgehead atoms. The third-order valence-electron chi connectivity index (χ3n) is 5.49. The normalized spacial score (nSPS) is 12.3. The summed E-state index contributed by atoms with van der Waals surface area (Å²) in [4.78, 5) is 14.6. The molecule has 1 amide bonds. The number of ether oxygens (including phenoxy) is 3. The number of hydrogen-bond acceptors (Lipinski definition) is 5. The van der Waals surface area contributed by atoms with Gasteiger partial charge in [-0.25, -0.2) is 4.79 Å². The van der Waals surface area contributed by atoms with Crippen molar-refractivity contribution < 1.29 is 19.0 Å². The van der Waals surface area contributed by atoms with E-state index in [0.29, 0.717) is 0 Å². The fourth-order valence-electron chi connectivity index (χ4n) is 3.83. The Morgan fingerprint density at radius 2 is 1.29 bits per heavy atom. The summed E-state index contributed by atoms with van der Waals surface area (Å²) in [5.74, 6) is 1.76. The van der Waals surface area contributed by atoms with E-state index < -0.39 is 5.60 Å². The minimum absolute atomic E-state index is 0.00294. The molecule has 2 rings (SSSR count). The molecule has 6 nitrogen and oxygen atoms in total. The van der Waals surface area contributed by atoms with Crippen molar-refractivity contribution in [3.05, 3.63) is 59.7 Å². The predicted molar refractivity (Wildman–Crippen MR) is 138 cm³/mol. The van der Waals surface area contributed by atoms with Gasteiger partial charge in [0.25, 0.3) is 0 Å². The zero-order valence-corrected chi connectivity index (χ0v) is 21.7. The lowest BCUT2D eigenvalue weighted by atomic mass is 10.1. The monoisotopic (exact) mass is 470 g/mol. The second-order valence-corrected chi connectivity index (χ2v) is 9.75. The van der Waals surface area contributed by atoms with Crippen LogP contribution in [0, 0.1) is 0 Å². The Labute approximate surface area is 205 Å². The summed E-state index contributed by atoms with van der Waals surface area (Å²) in [5, 5.41) is 2.98. The third kappa shape index (κ3) is 10.9. The molecule has 0 spiro atoms. The van der Waals surface area contributed by atoms with Crippen LogP contribution in [-0.2, 0) is 17.6 Å². The lowest BCUT2D eigenvalue weighted by Crippen LogP contribution is -2.44. The van der Waals surface area contributed by atoms with Crippen molar-refractivity contribution in [3.8, 4) is 11.5 Å². The average molecular weight is 471 g/mol. The van der Waals surface area contributed by atoms with Gasteiger partial charge in [0.2, 0.25) is 0 Å². The van der Waals surface area contributed by atoms with E-state index in [0.717, 1.165) is 56.8 Å². The smallest absolute Gasteiger partial charge is 0.407 e. The van der Waals surface area contributed by atoms with Crippen LogP contribution in [0.3, 0.4) is 0 Å². The van der Waals surface area contributed by atoms with Gasteiger partial charge in [-0.05, 0) is 102 Å². The molecule has 188 valence electrons. The maximum Gasteiger partial charge on any atom is 0.407 e. The van der Waals surface area contributed by atoms with Crippen LogP contribution in [0.5, 0.6) is 11.5 Å². The Morgan fingerprint density at radius 3 is 1.68 bits per heavy atom. The van der Waals surface area contributed by atoms with Crippen molar-refractivity contribution in [1.82, 2.24) is 10.2 Å². The van der Waals surface area contributed by atoms with E-state index in [4.69, 9.17) is 14.2 Å². The largest absolute Gasteiger partial charge is 0.497 e. The van der Waals surface area contributed by atoms with Gasteiger partial charge in [0.05, 0.1) is 14.2 Å². The third-order valence-corrected chi connectivity index (χ3v) is 5.49. The maximum absolute atomic E-state index is 12.2. The van der Waals surface area contributed by atoms with Crippen LogP contribution in [0.15, 0.2) is 48.5 Å². The van der Waals surface area contributed by atoms with Crippen molar-refractivity contribution in [2.45, 2.75) is 65.0 Å². The number of nitrogens with one attached hydrogen (secondary N) is 1. The summed E-state index contributed by atoms with van der Waals surface area (Å²) in [5.41, 5.74) is 2.11. The van der Waals surface area contributed by atoms with E-state index in [2.05, 4.69) is 34.5 Å². The number of nitrogens with zero attached hydrogens (tertiary/aromatic N) is 1. The van der Waals surface area contributed by atoms with Crippen LogP contribution in [0.25, 0.3) is 0 Å². The number of carbonyl (C=O) groups excluding carboxylic acids is 1. The van der Waals surface area contributed by atoms with Gasteiger partial charge in [-0.2, -0.15) is 0 Å². The van der Waals surface area contributed by atoms with Gasteiger partial charge >= 0.3 is 6.09 Å². The van der Waals surface area contributed by atoms with Crippen LogP contribution < -0.4 is 14.8 Å². The van der Waals surface area contributed by atoms with E-state index in [9.17, 15) is 4.79 Å². The first-order valence-electron chi connectivity index (χ1n) is 12.2. The molecular weight excluding hydrogens is 428 g/mol. The van der Waals surface area contributed by atoms with E-state index in [1.165, 1.54) is 11.1 Å². The minimum Gasteiger partial charge on any atom is -0.497 e. The van der Waals surface area contributed by atoms with Crippen LogP contribution >= 0.6 is 0 Å². The second kappa shape index (κ2) is 13.9. The van der Waals surface area contributed by atoms with Crippen LogP contribution in [-0.4, -0.2) is 56.5 Å². The molecule has 0 saturated heterocycles. The van der Waals surface area contributed by atoms with Gasteiger partial charge in [0.15, 0.2) is 0 Å². The van der Waals surface area contributed by atoms with Gasteiger partial charge in [0, 0.05) is 12.6 Å². The van der Waals surface area contributed by atoms with Crippen LogP contribution in [0.4, 0.5) is 4.79 Å². The van der Waals surface area contributed by atoms with Crippen molar-refractivity contribution in [1.29, 1.82) is 0 Å². The average Bonchev–Trinajstić information content (AvgIpc) is 2.78. The highest BCUT2D eigenvalue weighted by atomic mass is 16.6. The van der Waals surface area contributed by atoms with Crippen molar-refractivity contribution in [2.75, 3.05) is 33.9 Å². The fourth-order valence-corrected chi connectivity index (χ4v) is 3.83. The quantitative estimate of drug-likeness (QED) is 0.420. The van der Waals surface area contributed by atoms with Crippen molar-refractivity contribution in [2.24, 2.45) is 0 Å². The Balaban J connectivity index is 1.88. The number of alkyl carbamates (subject to hydrolysis) is 1. The minimum atomic E-state index is -0.500. The highest BCUT2D eigenvalue weighted by Crippen LogP contribution is 2.15. The van der Waals surface area contributed by atoms with E-state index >= 15 is 0 Å². The number of hydrogen-bond donors (Lipinski definition) is 1. The molecular formula is C28H42N2O4. The molecule has 2 aromatic carbocycles. The molecule has 0 aromatic heterocycles. The molecule has 6 heteroatoms. The van der Waals surface area contributed by atoms with E-state index in [1.54, 1.807) is 14.2 Å². The second-order valence-electron chi connectivity index (χ2n) is 9.75. The molecule has 0 heterocycles. The SMILES string of the molecule is COc1ccc(CCCN(CCCc2ccc(OC)cc2)CC(C)NC(=O)OC(C)(C)C)cc1. The molecule has 1 atom stereocenters. The molecule has 0 saturated carbocycles. The van der Waals surface area contributed by atoms with Crippen molar-refractivity contribution in [3.63, 3.8) is 0 Å². The summed E-state index contributed by atoms with van der Waals surface area (Å²) in [6.07, 6.45) is 3.75. The Kier molecular flexibility index (Phi) is 11.2. The van der Waals surface area contributed by atoms with Crippen LogP contribution in [0.2, 0.25) is 0 Å². The predicted octanol–water partition coefficient (Wildman–Crippen LogP) is 5.48. The van der Waals surface area contributed by atoms with Crippen molar-refractivity contribution >= 4 is 6.09 Å². The summed E-state index contributed by atoms with van der Waals surface area (Å²) in [6.45, 7) is 10.4. The molecule has 1 unspecified atom stereocenters. The van der Waals surface area contributed by atoms with Gasteiger partial charge < -0.3 is 24.4 Å². The van der Waals surface area contributed by atoms with Crippen LogP contribution in [0.1, 0.15) is 51.7 Å². The zero-order chi connectivity index (χ0) is 25.0. The number of carbonyl (C=O) groups is 1. The zero-order valence-electron chi connectivity index (χ0n) is 21.7. The molecule has 0 aliphatic heterocycles. The molecule has 34 heavy (non-hydrogen) atoms. The lowest BCUT2D eigenvalue weighted by Gasteiger charge is -2.27. The fraction of sp³-hybridized carbons (Fsp3) is 0.536. The number of aryl methyl sites for hydroxylation is 2. The number of amides is 1. The first-order valence-corrected chi connectivity index (χ1v) is 12.2. The van der Waals surface area contributed by atoms with Gasteiger partial charge in [-0.1, -0.05) is 24.3 Å². The number of methoxy groups -OCH3 is 2. The summed E-state index contributed by atoms with van der Waals surface area (Å²) >= 11 is 0. The molecule has 0 fully saturated rings. The first-order chi connectivity index (χ1) is 16.2. The Hall–Kier alpha value is -2.73. The maximum atomic E-state index is 12.2. The summed E-state index contributed by atoms with van der Waals surface area (Å²) in [6, 6.07) is 16.5. The molecule has 0 aliphatic rings. The Morgan fingerprint density at radius 1 is 0.853 bits per heavy atom. The van der Waals surface area contributed by atoms with E-state index in [1.807, 2.05) is 52.0 Å². The molecule has 2 aromatic rings. The number of benzene rings is 2. The molecule has 0 radical (unpaired) electrons. The Bertz CT molecular complexity index is 791. The first kappa shape index (κ1) is 27.5. The van der Waals surface area contributed by atoms with Gasteiger partial charge in [-0.3, -0.25) is 0 Å². The highest BCUT2D eigenvalue weighted by Gasteiger charge is 2.19. The summed E-state index contributed by atoms with van der Waals surface area (Å²) < 4.78 is 15.9. The summed E-state index contributed by atoms with van der Waals surface area (Å²) in [7, 11) is 3.37. The van der Waals surface area contributed by atoms with E-state index in [-0.39, 0.29) is 12.1 Å². The molecule has 1 N–H and O–H groups in total. The van der Waals surface area contributed by atoms with Gasteiger partial charge in [-0.15, -0.1) is 0 Å².